The first kappa shape index (κ1) is 20.3. The summed E-state index contributed by atoms with van der Waals surface area (Å²) in [4.78, 5) is 27.7. The van der Waals surface area contributed by atoms with Gasteiger partial charge in [0.1, 0.15) is 17.2 Å². The van der Waals surface area contributed by atoms with Crippen molar-refractivity contribution in [1.82, 2.24) is 10.2 Å². The predicted octanol–water partition coefficient (Wildman–Crippen LogP) is 4.65. The van der Waals surface area contributed by atoms with Gasteiger partial charge in [0.05, 0.1) is 18.7 Å². The standard InChI is InChI=1S/C25H23FN2O4/c1-31-24(29)23-19(22-12-16-4-2-3-5-21(16)32-22)13-18-10-11-20(23)28(18)25(30)27-14-15-6-8-17(26)9-7-15/h2-9,12,18,20H,10-11,13-14H2,1H3,(H,27,30)/t18-,20+/m0/s1. The molecule has 1 saturated heterocycles. The highest BCUT2D eigenvalue weighted by Gasteiger charge is 2.47. The van der Waals surface area contributed by atoms with Gasteiger partial charge in [0.15, 0.2) is 0 Å². The van der Waals surface area contributed by atoms with Crippen LogP contribution in [0, 0.1) is 5.82 Å². The van der Waals surface area contributed by atoms with Crippen LogP contribution in [-0.4, -0.2) is 36.1 Å². The zero-order valence-electron chi connectivity index (χ0n) is 17.6. The minimum Gasteiger partial charge on any atom is -0.466 e. The molecule has 2 bridgehead atoms. The van der Waals surface area contributed by atoms with Crippen molar-refractivity contribution >= 4 is 28.5 Å². The number of methoxy groups -OCH3 is 1. The van der Waals surface area contributed by atoms with E-state index in [0.29, 0.717) is 24.2 Å². The van der Waals surface area contributed by atoms with Gasteiger partial charge in [-0.2, -0.15) is 0 Å². The monoisotopic (exact) mass is 434 g/mol. The summed E-state index contributed by atoms with van der Waals surface area (Å²) in [7, 11) is 1.35. The molecule has 1 fully saturated rings. The first-order valence-electron chi connectivity index (χ1n) is 10.7. The van der Waals surface area contributed by atoms with E-state index in [9.17, 15) is 14.0 Å². The molecule has 0 spiro atoms. The average molecular weight is 434 g/mol. The quantitative estimate of drug-likeness (QED) is 0.607. The van der Waals surface area contributed by atoms with Gasteiger partial charge in [-0.1, -0.05) is 30.3 Å². The number of nitrogens with one attached hydrogen (secondary N) is 1. The fraction of sp³-hybridized carbons (Fsp3) is 0.280. The number of esters is 1. The van der Waals surface area contributed by atoms with Crippen LogP contribution in [0.3, 0.4) is 0 Å². The van der Waals surface area contributed by atoms with E-state index in [2.05, 4.69) is 5.32 Å². The van der Waals surface area contributed by atoms with Crippen molar-refractivity contribution in [2.45, 2.75) is 37.9 Å². The molecule has 0 saturated carbocycles. The van der Waals surface area contributed by atoms with E-state index >= 15 is 0 Å². The molecule has 32 heavy (non-hydrogen) atoms. The number of furan rings is 1. The SMILES string of the molecule is COC(=O)C1=C(c2cc3ccccc3o2)C[C@@H]2CC[C@H]1N2C(=O)NCc1ccc(F)cc1. The summed E-state index contributed by atoms with van der Waals surface area (Å²) in [6, 6.07) is 15.0. The molecule has 164 valence electrons. The number of hydrogen-bond donors (Lipinski definition) is 1. The highest BCUT2D eigenvalue weighted by atomic mass is 19.1. The predicted molar refractivity (Wildman–Crippen MR) is 117 cm³/mol. The Hall–Kier alpha value is -3.61. The highest BCUT2D eigenvalue weighted by Crippen LogP contribution is 2.44. The van der Waals surface area contributed by atoms with Crippen LogP contribution in [0.2, 0.25) is 0 Å². The second-order valence-corrected chi connectivity index (χ2v) is 8.18. The van der Waals surface area contributed by atoms with Crippen LogP contribution in [0.15, 0.2) is 64.6 Å². The highest BCUT2D eigenvalue weighted by molar-refractivity contribution is 6.01. The summed E-state index contributed by atoms with van der Waals surface area (Å²) in [6.45, 7) is 0.281. The number of ether oxygens (including phenoxy) is 1. The van der Waals surface area contributed by atoms with E-state index in [1.807, 2.05) is 30.3 Å². The van der Waals surface area contributed by atoms with Gasteiger partial charge in [-0.15, -0.1) is 0 Å². The third-order valence-corrected chi connectivity index (χ3v) is 6.32. The van der Waals surface area contributed by atoms with E-state index < -0.39 is 5.97 Å². The zero-order chi connectivity index (χ0) is 22.2. The maximum absolute atomic E-state index is 13.1. The molecule has 0 unspecified atom stereocenters. The molecule has 2 aliphatic rings. The van der Waals surface area contributed by atoms with E-state index in [-0.39, 0.29) is 30.5 Å². The third-order valence-electron chi connectivity index (χ3n) is 6.32. The van der Waals surface area contributed by atoms with E-state index in [0.717, 1.165) is 28.5 Å². The Bertz CT molecular complexity index is 1180. The summed E-state index contributed by atoms with van der Waals surface area (Å²) < 4.78 is 24.3. The first-order valence-corrected chi connectivity index (χ1v) is 10.7. The summed E-state index contributed by atoms with van der Waals surface area (Å²) in [5.74, 6) is -0.114. The molecular weight excluding hydrogens is 411 g/mol. The number of nitrogens with zero attached hydrogens (tertiary/aromatic N) is 1. The number of amides is 2. The average Bonchev–Trinajstić information content (AvgIpc) is 3.37. The Morgan fingerprint density at radius 3 is 2.69 bits per heavy atom. The molecule has 0 radical (unpaired) electrons. The van der Waals surface area contributed by atoms with Gasteiger partial charge in [-0.05, 0) is 49.1 Å². The fourth-order valence-electron chi connectivity index (χ4n) is 4.83. The maximum atomic E-state index is 13.1. The molecule has 0 aliphatic carbocycles. The summed E-state index contributed by atoms with van der Waals surface area (Å²) in [5.41, 5.74) is 2.85. The van der Waals surface area contributed by atoms with Crippen molar-refractivity contribution in [2.75, 3.05) is 7.11 Å². The molecule has 5 rings (SSSR count). The summed E-state index contributed by atoms with van der Waals surface area (Å²) >= 11 is 0. The first-order chi connectivity index (χ1) is 15.5. The van der Waals surface area contributed by atoms with Crippen LogP contribution in [0.5, 0.6) is 0 Å². The number of benzene rings is 2. The van der Waals surface area contributed by atoms with Gasteiger partial charge in [-0.25, -0.2) is 14.0 Å². The minimum absolute atomic E-state index is 0.0372. The Labute approximate surface area is 184 Å². The normalized spacial score (nSPS) is 20.0. The smallest absolute Gasteiger partial charge is 0.336 e. The van der Waals surface area contributed by atoms with E-state index in [1.54, 1.807) is 17.0 Å². The van der Waals surface area contributed by atoms with Crippen LogP contribution in [-0.2, 0) is 16.1 Å². The lowest BCUT2D eigenvalue weighted by atomic mass is 9.91. The zero-order valence-corrected chi connectivity index (χ0v) is 17.6. The molecule has 6 nitrogen and oxygen atoms in total. The molecule has 2 atom stereocenters. The maximum Gasteiger partial charge on any atom is 0.336 e. The lowest BCUT2D eigenvalue weighted by Crippen LogP contribution is -2.50. The van der Waals surface area contributed by atoms with Crippen molar-refractivity contribution in [2.24, 2.45) is 0 Å². The van der Waals surface area contributed by atoms with Gasteiger partial charge in [-0.3, -0.25) is 0 Å². The molecule has 2 amide bonds. The summed E-state index contributed by atoms with van der Waals surface area (Å²) in [6.07, 6.45) is 1.99. The number of carbonyl (C=O) groups is 2. The van der Waals surface area contributed by atoms with Crippen molar-refractivity contribution < 1.29 is 23.1 Å². The Kier molecular flexibility index (Phi) is 5.17. The topological polar surface area (TPSA) is 71.8 Å². The van der Waals surface area contributed by atoms with Gasteiger partial charge in [0.2, 0.25) is 0 Å². The van der Waals surface area contributed by atoms with Gasteiger partial charge in [0.25, 0.3) is 0 Å². The largest absolute Gasteiger partial charge is 0.466 e. The van der Waals surface area contributed by atoms with Crippen LogP contribution < -0.4 is 5.32 Å². The third kappa shape index (κ3) is 3.53. The molecule has 3 heterocycles. The second kappa shape index (κ2) is 8.15. The van der Waals surface area contributed by atoms with Gasteiger partial charge in [0, 0.05) is 23.5 Å². The van der Waals surface area contributed by atoms with Crippen molar-refractivity contribution in [3.05, 3.63) is 77.3 Å². The Balaban J connectivity index is 1.44. The lowest BCUT2D eigenvalue weighted by Gasteiger charge is -2.36. The molecule has 2 aromatic carbocycles. The lowest BCUT2D eigenvalue weighted by molar-refractivity contribution is -0.136. The number of urea groups is 1. The number of halogens is 1. The second-order valence-electron chi connectivity index (χ2n) is 8.18. The van der Waals surface area contributed by atoms with Crippen LogP contribution >= 0.6 is 0 Å². The number of fused-ring (bicyclic) bond motifs is 3. The Morgan fingerprint density at radius 1 is 1.16 bits per heavy atom. The molecule has 7 heteroatoms. The number of para-hydroxylation sites is 1. The van der Waals surface area contributed by atoms with E-state index in [4.69, 9.17) is 9.15 Å². The number of hydrogen-bond acceptors (Lipinski definition) is 4. The molecule has 1 aromatic heterocycles. The van der Waals surface area contributed by atoms with Crippen LogP contribution in [0.1, 0.15) is 30.6 Å². The molecule has 3 aromatic rings. The van der Waals surface area contributed by atoms with Crippen LogP contribution in [0.4, 0.5) is 9.18 Å². The van der Waals surface area contributed by atoms with Crippen molar-refractivity contribution in [1.29, 1.82) is 0 Å². The number of carbonyl (C=O) groups excluding carboxylic acids is 2. The molecule has 1 N–H and O–H groups in total. The fourth-order valence-corrected chi connectivity index (χ4v) is 4.83. The van der Waals surface area contributed by atoms with Crippen molar-refractivity contribution in [3.63, 3.8) is 0 Å². The van der Waals surface area contributed by atoms with Crippen LogP contribution in [0.25, 0.3) is 16.5 Å². The van der Waals surface area contributed by atoms with Gasteiger partial charge >= 0.3 is 12.0 Å². The molecule has 2 aliphatic heterocycles. The van der Waals surface area contributed by atoms with E-state index in [1.165, 1.54) is 19.2 Å². The minimum atomic E-state index is -0.442. The Morgan fingerprint density at radius 2 is 1.94 bits per heavy atom. The van der Waals surface area contributed by atoms with Crippen molar-refractivity contribution in [3.8, 4) is 0 Å². The van der Waals surface area contributed by atoms with Gasteiger partial charge < -0.3 is 19.4 Å². The molecular formula is C25H23FN2O4. The summed E-state index contributed by atoms with van der Waals surface area (Å²) in [5, 5.41) is 3.87. The number of rotatable bonds is 4.